The number of rotatable bonds is 6. The van der Waals surface area contributed by atoms with Gasteiger partial charge in [-0.2, -0.15) is 13.2 Å². The predicted molar refractivity (Wildman–Crippen MR) is 122 cm³/mol. The van der Waals surface area contributed by atoms with Crippen LogP contribution in [0.2, 0.25) is 0 Å². The van der Waals surface area contributed by atoms with Gasteiger partial charge in [0.15, 0.2) is 23.0 Å². The SMILES string of the molecule is COc1cc(-c2nc3ccc(NC(=O)Nc4cccc(C(F)(F)F)c4)cn3n2)cc(OC)c1OC. The second-order valence-corrected chi connectivity index (χ2v) is 7.23. The van der Waals surface area contributed by atoms with Crippen LogP contribution in [0.15, 0.2) is 54.7 Å². The minimum atomic E-state index is -4.51. The smallest absolute Gasteiger partial charge is 0.416 e. The lowest BCUT2D eigenvalue weighted by Crippen LogP contribution is -2.20. The molecule has 182 valence electrons. The van der Waals surface area contributed by atoms with Crippen LogP contribution in [0.3, 0.4) is 0 Å². The number of hydrogen-bond donors (Lipinski definition) is 2. The van der Waals surface area contributed by atoms with E-state index < -0.39 is 17.8 Å². The maximum absolute atomic E-state index is 12.9. The summed E-state index contributed by atoms with van der Waals surface area (Å²) >= 11 is 0. The number of pyridine rings is 1. The van der Waals surface area contributed by atoms with Gasteiger partial charge < -0.3 is 24.8 Å². The Morgan fingerprint density at radius 1 is 0.914 bits per heavy atom. The summed E-state index contributed by atoms with van der Waals surface area (Å²) in [5, 5.41) is 9.38. The number of anilines is 2. The molecule has 4 aromatic rings. The van der Waals surface area contributed by atoms with Crippen LogP contribution in [0.1, 0.15) is 5.56 Å². The van der Waals surface area contributed by atoms with E-state index in [1.165, 1.54) is 44.2 Å². The molecule has 0 radical (unpaired) electrons. The predicted octanol–water partition coefficient (Wildman–Crippen LogP) is 5.08. The second kappa shape index (κ2) is 9.41. The molecule has 0 bridgehead atoms. The molecule has 0 unspecified atom stereocenters. The van der Waals surface area contributed by atoms with Crippen molar-refractivity contribution in [2.45, 2.75) is 6.18 Å². The topological polar surface area (TPSA) is 99.0 Å². The molecule has 0 aliphatic heterocycles. The third-order valence-corrected chi connectivity index (χ3v) is 4.96. The van der Waals surface area contributed by atoms with Crippen LogP contribution in [0.4, 0.5) is 29.3 Å². The first-order valence-electron chi connectivity index (χ1n) is 10.1. The number of nitrogens with one attached hydrogen (secondary N) is 2. The molecule has 0 saturated heterocycles. The molecule has 12 heteroatoms. The average molecular weight is 487 g/mol. The van der Waals surface area contributed by atoms with Crippen molar-refractivity contribution in [3.63, 3.8) is 0 Å². The number of benzene rings is 2. The Labute approximate surface area is 197 Å². The molecule has 2 amide bonds. The second-order valence-electron chi connectivity index (χ2n) is 7.23. The van der Waals surface area contributed by atoms with Crippen molar-refractivity contribution >= 4 is 23.1 Å². The minimum Gasteiger partial charge on any atom is -0.493 e. The van der Waals surface area contributed by atoms with Crippen LogP contribution < -0.4 is 24.8 Å². The minimum absolute atomic E-state index is 0.00356. The van der Waals surface area contributed by atoms with Gasteiger partial charge in [-0.1, -0.05) is 6.07 Å². The zero-order valence-corrected chi connectivity index (χ0v) is 18.8. The van der Waals surface area contributed by atoms with Gasteiger partial charge in [-0.25, -0.2) is 14.3 Å². The molecule has 4 rings (SSSR count). The Hall–Kier alpha value is -4.48. The van der Waals surface area contributed by atoms with Gasteiger partial charge in [0.2, 0.25) is 5.75 Å². The average Bonchev–Trinajstić information content (AvgIpc) is 3.26. The van der Waals surface area contributed by atoms with Gasteiger partial charge in [0.1, 0.15) is 0 Å². The van der Waals surface area contributed by atoms with E-state index in [0.717, 1.165) is 12.1 Å². The number of alkyl halides is 3. The number of fused-ring (bicyclic) bond motifs is 1. The van der Waals surface area contributed by atoms with E-state index in [1.807, 2.05) is 0 Å². The molecular formula is C23H20F3N5O4. The molecular weight excluding hydrogens is 467 g/mol. The third-order valence-electron chi connectivity index (χ3n) is 4.96. The number of nitrogens with zero attached hydrogens (tertiary/aromatic N) is 3. The highest BCUT2D eigenvalue weighted by atomic mass is 19.4. The number of ether oxygens (including phenoxy) is 3. The van der Waals surface area contributed by atoms with Crippen molar-refractivity contribution in [2.75, 3.05) is 32.0 Å². The van der Waals surface area contributed by atoms with Crippen LogP contribution in [0.5, 0.6) is 17.2 Å². The molecule has 2 heterocycles. The van der Waals surface area contributed by atoms with Gasteiger partial charge in [-0.15, -0.1) is 5.10 Å². The largest absolute Gasteiger partial charge is 0.493 e. The Kier molecular flexibility index (Phi) is 6.36. The van der Waals surface area contributed by atoms with Crippen molar-refractivity contribution < 1.29 is 32.2 Å². The molecule has 35 heavy (non-hydrogen) atoms. The zero-order valence-electron chi connectivity index (χ0n) is 18.8. The maximum Gasteiger partial charge on any atom is 0.416 e. The Balaban J connectivity index is 1.55. The Morgan fingerprint density at radius 3 is 2.23 bits per heavy atom. The molecule has 9 nitrogen and oxygen atoms in total. The van der Waals surface area contributed by atoms with Crippen LogP contribution in [-0.2, 0) is 6.18 Å². The maximum atomic E-state index is 12.9. The lowest BCUT2D eigenvalue weighted by atomic mass is 10.1. The molecule has 0 atom stereocenters. The normalized spacial score (nSPS) is 11.3. The number of halogens is 3. The quantitative estimate of drug-likeness (QED) is 0.393. The lowest BCUT2D eigenvalue weighted by molar-refractivity contribution is -0.137. The first-order chi connectivity index (χ1) is 16.7. The monoisotopic (exact) mass is 487 g/mol. The van der Waals surface area contributed by atoms with Crippen molar-refractivity contribution in [3.8, 4) is 28.6 Å². The number of amides is 2. The number of hydrogen-bond acceptors (Lipinski definition) is 6. The van der Waals surface area contributed by atoms with Gasteiger partial charge >= 0.3 is 12.2 Å². The third kappa shape index (κ3) is 5.05. The first kappa shape index (κ1) is 23.7. The van der Waals surface area contributed by atoms with E-state index in [9.17, 15) is 18.0 Å². The summed E-state index contributed by atoms with van der Waals surface area (Å²) in [5.74, 6) is 1.68. The first-order valence-corrected chi connectivity index (χ1v) is 10.1. The van der Waals surface area contributed by atoms with E-state index in [4.69, 9.17) is 14.2 Å². The highest BCUT2D eigenvalue weighted by Gasteiger charge is 2.30. The van der Waals surface area contributed by atoms with E-state index in [2.05, 4.69) is 20.7 Å². The van der Waals surface area contributed by atoms with Gasteiger partial charge in [-0.05, 0) is 42.5 Å². The summed E-state index contributed by atoms with van der Waals surface area (Å²) < 4.78 is 56.2. The fourth-order valence-electron chi connectivity index (χ4n) is 3.36. The van der Waals surface area contributed by atoms with Gasteiger partial charge in [0.05, 0.1) is 38.8 Å². The van der Waals surface area contributed by atoms with E-state index in [-0.39, 0.29) is 5.69 Å². The summed E-state index contributed by atoms with van der Waals surface area (Å²) in [6, 6.07) is 10.3. The summed E-state index contributed by atoms with van der Waals surface area (Å²) in [6.45, 7) is 0. The summed E-state index contributed by atoms with van der Waals surface area (Å²) in [7, 11) is 4.50. The molecule has 0 aliphatic rings. The standard InChI is InChI=1S/C23H20F3N5O4/c1-33-17-9-13(10-18(34-2)20(17)35-3)21-29-19-8-7-16(12-31(19)30-21)28-22(32)27-15-6-4-5-14(11-15)23(24,25)26/h4-12H,1-3H3,(H2,27,28,32). The highest BCUT2D eigenvalue weighted by Crippen LogP contribution is 2.40. The molecule has 0 fully saturated rings. The van der Waals surface area contributed by atoms with Gasteiger partial charge in [0, 0.05) is 11.3 Å². The highest BCUT2D eigenvalue weighted by molar-refractivity contribution is 5.99. The molecule has 0 spiro atoms. The molecule has 2 aromatic heterocycles. The Morgan fingerprint density at radius 2 is 1.60 bits per heavy atom. The fourth-order valence-corrected chi connectivity index (χ4v) is 3.36. The van der Waals surface area contributed by atoms with E-state index >= 15 is 0 Å². The number of urea groups is 1. The van der Waals surface area contributed by atoms with Crippen LogP contribution >= 0.6 is 0 Å². The molecule has 0 aliphatic carbocycles. The zero-order chi connectivity index (χ0) is 25.2. The molecule has 2 N–H and O–H groups in total. The number of carbonyl (C=O) groups is 1. The summed E-state index contributed by atoms with van der Waals surface area (Å²) in [5.41, 5.74) is 0.600. The van der Waals surface area contributed by atoms with Crippen molar-refractivity contribution in [1.29, 1.82) is 0 Å². The molecule has 0 saturated carbocycles. The van der Waals surface area contributed by atoms with E-state index in [0.29, 0.717) is 40.0 Å². The lowest BCUT2D eigenvalue weighted by Gasteiger charge is -2.12. The van der Waals surface area contributed by atoms with Crippen molar-refractivity contribution in [3.05, 3.63) is 60.3 Å². The van der Waals surface area contributed by atoms with Crippen LogP contribution in [0, 0.1) is 0 Å². The van der Waals surface area contributed by atoms with Crippen molar-refractivity contribution in [1.82, 2.24) is 14.6 Å². The van der Waals surface area contributed by atoms with Crippen molar-refractivity contribution in [2.24, 2.45) is 0 Å². The number of aromatic nitrogens is 3. The number of carbonyl (C=O) groups excluding carboxylic acids is 1. The van der Waals surface area contributed by atoms with Crippen LogP contribution in [-0.4, -0.2) is 42.0 Å². The summed E-state index contributed by atoms with van der Waals surface area (Å²) in [4.78, 5) is 16.8. The van der Waals surface area contributed by atoms with Gasteiger partial charge in [0.25, 0.3) is 0 Å². The Bertz CT molecular complexity index is 1360. The van der Waals surface area contributed by atoms with Gasteiger partial charge in [-0.3, -0.25) is 0 Å². The number of methoxy groups -OCH3 is 3. The van der Waals surface area contributed by atoms with Crippen LogP contribution in [0.25, 0.3) is 17.0 Å². The summed E-state index contributed by atoms with van der Waals surface area (Å²) in [6.07, 6.45) is -2.99. The fraction of sp³-hybridized carbons (Fsp3) is 0.174. The van der Waals surface area contributed by atoms with E-state index in [1.54, 1.807) is 24.3 Å². The molecule has 2 aromatic carbocycles.